The van der Waals surface area contributed by atoms with Crippen molar-refractivity contribution in [3.63, 3.8) is 0 Å². The van der Waals surface area contributed by atoms with E-state index in [4.69, 9.17) is 4.74 Å². The first kappa shape index (κ1) is 17.3. The van der Waals surface area contributed by atoms with E-state index in [1.807, 2.05) is 0 Å². The third kappa shape index (κ3) is 4.12. The van der Waals surface area contributed by atoms with Crippen LogP contribution in [0, 0.1) is 11.7 Å². The highest BCUT2D eigenvalue weighted by Gasteiger charge is 2.38. The van der Waals surface area contributed by atoms with E-state index in [1.165, 1.54) is 31.0 Å². The Labute approximate surface area is 141 Å². The van der Waals surface area contributed by atoms with E-state index < -0.39 is 23.9 Å². The molecule has 3 unspecified atom stereocenters. The molecule has 2 heterocycles. The van der Waals surface area contributed by atoms with Gasteiger partial charge in [-0.25, -0.2) is 4.39 Å². The number of benzene rings is 1. The number of likely N-dealkylation sites (tertiary alicyclic amines) is 1. The number of piperidine rings is 1. The zero-order valence-electron chi connectivity index (χ0n) is 14.0. The maximum atomic E-state index is 13.2. The number of hydrogen-bond donors (Lipinski definition) is 2. The van der Waals surface area contributed by atoms with Crippen LogP contribution in [0.4, 0.5) is 4.39 Å². The van der Waals surface area contributed by atoms with Crippen molar-refractivity contribution in [1.29, 1.82) is 0 Å². The molecule has 2 fully saturated rings. The molecular weight excluding hydrogens is 311 g/mol. The highest BCUT2D eigenvalue weighted by atomic mass is 19.1. The highest BCUT2D eigenvalue weighted by Crippen LogP contribution is 2.21. The molecule has 5 nitrogen and oxygen atoms in total. The quantitative estimate of drug-likeness (QED) is 0.873. The summed E-state index contributed by atoms with van der Waals surface area (Å²) in [6, 6.07) is 5.05. The van der Waals surface area contributed by atoms with Gasteiger partial charge in [0.15, 0.2) is 0 Å². The maximum absolute atomic E-state index is 13.2. The number of halogens is 1. The largest absolute Gasteiger partial charge is 0.388 e. The van der Waals surface area contributed by atoms with Crippen LogP contribution in [0.25, 0.3) is 0 Å². The van der Waals surface area contributed by atoms with Gasteiger partial charge in [0.1, 0.15) is 11.9 Å². The first-order valence-electron chi connectivity index (χ1n) is 8.61. The Balaban J connectivity index is 1.52. The molecule has 2 N–H and O–H groups in total. The predicted octanol–water partition coefficient (Wildman–Crippen LogP) is 1.42. The van der Waals surface area contributed by atoms with Gasteiger partial charge in [-0.1, -0.05) is 13.0 Å². The van der Waals surface area contributed by atoms with E-state index in [0.717, 1.165) is 19.0 Å². The molecule has 6 heteroatoms. The third-order valence-electron chi connectivity index (χ3n) is 5.00. The van der Waals surface area contributed by atoms with E-state index in [-0.39, 0.29) is 18.3 Å². The maximum Gasteiger partial charge on any atom is 0.251 e. The molecule has 24 heavy (non-hydrogen) atoms. The smallest absolute Gasteiger partial charge is 0.251 e. The van der Waals surface area contributed by atoms with Crippen LogP contribution in [0.3, 0.4) is 0 Å². The molecule has 1 aromatic rings. The van der Waals surface area contributed by atoms with Crippen LogP contribution in [0.5, 0.6) is 0 Å². The van der Waals surface area contributed by atoms with Gasteiger partial charge in [0.25, 0.3) is 5.91 Å². The van der Waals surface area contributed by atoms with Crippen molar-refractivity contribution in [2.24, 2.45) is 5.92 Å². The number of carbonyl (C=O) groups excluding carboxylic acids is 1. The minimum absolute atomic E-state index is 0.246. The second kappa shape index (κ2) is 7.59. The summed E-state index contributed by atoms with van der Waals surface area (Å²) in [5, 5.41) is 13.2. The summed E-state index contributed by atoms with van der Waals surface area (Å²) in [7, 11) is 0. The number of hydrogen-bond acceptors (Lipinski definition) is 4. The Morgan fingerprint density at radius 1 is 1.42 bits per heavy atom. The number of carbonyl (C=O) groups is 1. The van der Waals surface area contributed by atoms with Gasteiger partial charge in [-0.15, -0.1) is 0 Å². The summed E-state index contributed by atoms with van der Waals surface area (Å²) in [6.45, 7) is 5.26. The van der Waals surface area contributed by atoms with Crippen LogP contribution >= 0.6 is 0 Å². The van der Waals surface area contributed by atoms with Gasteiger partial charge in [-0.3, -0.25) is 4.79 Å². The minimum Gasteiger partial charge on any atom is -0.388 e. The van der Waals surface area contributed by atoms with E-state index in [2.05, 4.69) is 17.1 Å². The van der Waals surface area contributed by atoms with Crippen LogP contribution in [-0.2, 0) is 4.74 Å². The average Bonchev–Trinajstić information content (AvgIpc) is 2.90. The molecule has 132 valence electrons. The number of nitrogens with zero attached hydrogens (tertiary/aromatic N) is 1. The zero-order chi connectivity index (χ0) is 17.1. The predicted molar refractivity (Wildman–Crippen MR) is 88.2 cm³/mol. The first-order chi connectivity index (χ1) is 11.5. The van der Waals surface area contributed by atoms with Gasteiger partial charge >= 0.3 is 0 Å². The molecule has 0 spiro atoms. The SMILES string of the molecule is CC1CCN(CC2OCC(NC(=O)c3cccc(F)c3)C2O)CC1. The fraction of sp³-hybridized carbons (Fsp3) is 0.611. The molecule has 2 aliphatic rings. The van der Waals surface area contributed by atoms with E-state index in [1.54, 1.807) is 6.07 Å². The lowest BCUT2D eigenvalue weighted by molar-refractivity contribution is 0.00864. The summed E-state index contributed by atoms with van der Waals surface area (Å²) in [4.78, 5) is 14.5. The normalized spacial score (nSPS) is 28.9. The van der Waals surface area contributed by atoms with Gasteiger partial charge in [-0.05, 0) is 50.0 Å². The van der Waals surface area contributed by atoms with Crippen molar-refractivity contribution in [2.75, 3.05) is 26.2 Å². The van der Waals surface area contributed by atoms with E-state index in [0.29, 0.717) is 6.54 Å². The molecular formula is C18H25FN2O3. The first-order valence-corrected chi connectivity index (χ1v) is 8.61. The molecule has 1 aromatic carbocycles. The molecule has 0 saturated carbocycles. The van der Waals surface area contributed by atoms with Crippen molar-refractivity contribution < 1.29 is 19.0 Å². The summed E-state index contributed by atoms with van der Waals surface area (Å²) in [6.07, 6.45) is 1.29. The standard InChI is InChI=1S/C18H25FN2O3/c1-12-5-7-21(8-6-12)10-16-17(22)15(11-24-16)20-18(23)13-3-2-4-14(19)9-13/h2-4,9,12,15-17,22H,5-8,10-11H2,1H3,(H,20,23). The molecule has 1 amide bonds. The van der Waals surface area contributed by atoms with E-state index >= 15 is 0 Å². The zero-order valence-corrected chi connectivity index (χ0v) is 14.0. The lowest BCUT2D eigenvalue weighted by atomic mass is 9.98. The Bertz CT molecular complexity index is 575. The van der Waals surface area contributed by atoms with Gasteiger partial charge in [-0.2, -0.15) is 0 Å². The molecule has 0 aromatic heterocycles. The molecule has 0 aliphatic carbocycles. The second-order valence-corrected chi connectivity index (χ2v) is 6.94. The Kier molecular flexibility index (Phi) is 5.48. The van der Waals surface area contributed by atoms with Crippen molar-refractivity contribution in [3.05, 3.63) is 35.6 Å². The van der Waals surface area contributed by atoms with Crippen molar-refractivity contribution in [1.82, 2.24) is 10.2 Å². The topological polar surface area (TPSA) is 61.8 Å². The van der Waals surface area contributed by atoms with Gasteiger partial charge in [0, 0.05) is 12.1 Å². The van der Waals surface area contributed by atoms with Crippen molar-refractivity contribution >= 4 is 5.91 Å². The van der Waals surface area contributed by atoms with Crippen LogP contribution in [0.2, 0.25) is 0 Å². The molecule has 3 rings (SSSR count). The molecule has 0 bridgehead atoms. The number of ether oxygens (including phenoxy) is 1. The number of aliphatic hydroxyl groups excluding tert-OH is 1. The van der Waals surface area contributed by atoms with Crippen LogP contribution in [0.15, 0.2) is 24.3 Å². The van der Waals surface area contributed by atoms with E-state index in [9.17, 15) is 14.3 Å². The fourth-order valence-electron chi connectivity index (χ4n) is 3.35. The molecule has 2 saturated heterocycles. The summed E-state index contributed by atoms with van der Waals surface area (Å²) >= 11 is 0. The number of rotatable bonds is 4. The molecule has 2 aliphatic heterocycles. The number of aliphatic hydroxyl groups is 1. The highest BCUT2D eigenvalue weighted by molar-refractivity contribution is 5.94. The van der Waals surface area contributed by atoms with Crippen LogP contribution in [-0.4, -0.2) is 60.4 Å². The lowest BCUT2D eigenvalue weighted by Crippen LogP contribution is -2.47. The Hall–Kier alpha value is -1.50. The number of nitrogens with one attached hydrogen (secondary N) is 1. The lowest BCUT2D eigenvalue weighted by Gasteiger charge is -2.32. The second-order valence-electron chi connectivity index (χ2n) is 6.94. The summed E-state index contributed by atoms with van der Waals surface area (Å²) < 4.78 is 18.9. The Morgan fingerprint density at radius 3 is 2.88 bits per heavy atom. The molecule has 0 radical (unpaired) electrons. The van der Waals surface area contributed by atoms with Gasteiger partial charge < -0.3 is 20.1 Å². The van der Waals surface area contributed by atoms with Crippen LogP contribution in [0.1, 0.15) is 30.1 Å². The number of amides is 1. The summed E-state index contributed by atoms with van der Waals surface area (Å²) in [5.41, 5.74) is 0.246. The summed E-state index contributed by atoms with van der Waals surface area (Å²) in [5.74, 6) is -0.0911. The monoisotopic (exact) mass is 336 g/mol. The Morgan fingerprint density at radius 2 is 2.17 bits per heavy atom. The minimum atomic E-state index is -0.748. The molecule has 3 atom stereocenters. The van der Waals surface area contributed by atoms with Gasteiger partial charge in [0.05, 0.1) is 18.8 Å². The average molecular weight is 336 g/mol. The fourth-order valence-corrected chi connectivity index (χ4v) is 3.35. The third-order valence-corrected chi connectivity index (χ3v) is 5.00. The van der Waals surface area contributed by atoms with Gasteiger partial charge in [0.2, 0.25) is 0 Å². The van der Waals surface area contributed by atoms with Crippen molar-refractivity contribution in [2.45, 2.75) is 38.0 Å². The van der Waals surface area contributed by atoms with Crippen molar-refractivity contribution in [3.8, 4) is 0 Å². The van der Waals surface area contributed by atoms with Crippen LogP contribution < -0.4 is 5.32 Å².